The molecule has 1 heterocycles. The van der Waals surface area contributed by atoms with Crippen LogP contribution in [0.3, 0.4) is 0 Å². The van der Waals surface area contributed by atoms with E-state index in [9.17, 15) is 14.4 Å². The molecule has 0 spiro atoms. The lowest BCUT2D eigenvalue weighted by Crippen LogP contribution is -2.57. The molecule has 0 aliphatic carbocycles. The second-order valence-electron chi connectivity index (χ2n) is 3.30. The smallest absolute Gasteiger partial charge is 0.403 e. The fourth-order valence-corrected chi connectivity index (χ4v) is 1.42. The molecule has 0 fully saturated rings. The van der Waals surface area contributed by atoms with Crippen LogP contribution in [-0.4, -0.2) is 42.0 Å². The molecule has 0 radical (unpaired) electrons. The summed E-state index contributed by atoms with van der Waals surface area (Å²) in [6.45, 7) is 0.476. The third kappa shape index (κ3) is 2.45. The SMILES string of the molecule is COCCCn1c(=O)n(OC)c(=O)n(OC)c1=O. The summed E-state index contributed by atoms with van der Waals surface area (Å²) in [5, 5.41) is 0. The zero-order chi connectivity index (χ0) is 13.7. The molecule has 1 aromatic rings. The Morgan fingerprint density at radius 1 is 0.889 bits per heavy atom. The number of aromatic nitrogens is 3. The van der Waals surface area contributed by atoms with Crippen molar-refractivity contribution in [1.82, 2.24) is 14.0 Å². The van der Waals surface area contributed by atoms with E-state index in [1.165, 1.54) is 7.11 Å². The van der Waals surface area contributed by atoms with Gasteiger partial charge in [-0.1, -0.05) is 9.46 Å². The highest BCUT2D eigenvalue weighted by molar-refractivity contribution is 4.74. The fraction of sp³-hybridized carbons (Fsp3) is 0.667. The summed E-state index contributed by atoms with van der Waals surface area (Å²) < 4.78 is 6.55. The van der Waals surface area contributed by atoms with Crippen molar-refractivity contribution in [1.29, 1.82) is 0 Å². The fourth-order valence-electron chi connectivity index (χ4n) is 1.42. The topological polar surface area (TPSA) is 93.7 Å². The van der Waals surface area contributed by atoms with Gasteiger partial charge < -0.3 is 14.4 Å². The van der Waals surface area contributed by atoms with Crippen LogP contribution in [-0.2, 0) is 11.3 Å². The summed E-state index contributed by atoms with van der Waals surface area (Å²) in [7, 11) is 3.80. The van der Waals surface area contributed by atoms with Crippen LogP contribution in [0.2, 0.25) is 0 Å². The van der Waals surface area contributed by atoms with Crippen LogP contribution >= 0.6 is 0 Å². The monoisotopic (exact) mass is 261 g/mol. The largest absolute Gasteiger partial charge is 0.408 e. The highest BCUT2D eigenvalue weighted by Crippen LogP contribution is 1.82. The molecule has 0 atom stereocenters. The number of rotatable bonds is 6. The van der Waals surface area contributed by atoms with Crippen molar-refractivity contribution in [3.8, 4) is 0 Å². The van der Waals surface area contributed by atoms with Gasteiger partial charge in [-0.2, -0.15) is 0 Å². The van der Waals surface area contributed by atoms with E-state index in [0.717, 1.165) is 18.8 Å². The molecule has 102 valence electrons. The number of hydrogen-bond acceptors (Lipinski definition) is 6. The molecular formula is C9H15N3O6. The lowest BCUT2D eigenvalue weighted by molar-refractivity contribution is 0.0694. The van der Waals surface area contributed by atoms with Crippen LogP contribution in [0.4, 0.5) is 0 Å². The Morgan fingerprint density at radius 2 is 1.39 bits per heavy atom. The Hall–Kier alpha value is -2.03. The second kappa shape index (κ2) is 6.05. The number of nitrogens with zero attached hydrogens (tertiary/aromatic N) is 3. The molecule has 0 amide bonds. The normalized spacial score (nSPS) is 10.4. The highest BCUT2D eigenvalue weighted by Gasteiger charge is 2.15. The van der Waals surface area contributed by atoms with Crippen LogP contribution in [0, 0.1) is 0 Å². The first-order valence-corrected chi connectivity index (χ1v) is 5.15. The first-order chi connectivity index (χ1) is 8.58. The molecule has 0 bridgehead atoms. The molecule has 0 saturated carbocycles. The van der Waals surface area contributed by atoms with Crippen LogP contribution in [0.15, 0.2) is 14.4 Å². The zero-order valence-electron chi connectivity index (χ0n) is 10.4. The van der Waals surface area contributed by atoms with E-state index in [2.05, 4.69) is 9.68 Å². The van der Waals surface area contributed by atoms with Crippen molar-refractivity contribution in [2.75, 3.05) is 27.9 Å². The minimum Gasteiger partial charge on any atom is -0.408 e. The molecule has 0 unspecified atom stereocenters. The maximum absolute atomic E-state index is 11.8. The van der Waals surface area contributed by atoms with Crippen molar-refractivity contribution in [3.05, 3.63) is 31.5 Å². The average molecular weight is 261 g/mol. The van der Waals surface area contributed by atoms with E-state index in [4.69, 9.17) is 4.74 Å². The van der Waals surface area contributed by atoms with E-state index < -0.39 is 17.1 Å². The minimum absolute atomic E-state index is 0.0957. The number of ether oxygens (including phenoxy) is 1. The molecule has 9 nitrogen and oxygen atoms in total. The van der Waals surface area contributed by atoms with Crippen molar-refractivity contribution < 1.29 is 14.4 Å². The van der Waals surface area contributed by atoms with Crippen molar-refractivity contribution >= 4 is 0 Å². The standard InChI is InChI=1S/C9H15N3O6/c1-16-6-4-5-10-7(13)11(17-2)9(15)12(18-3)8(10)14/h4-6H2,1-3H3. The predicted octanol–water partition coefficient (Wildman–Crippen LogP) is -2.67. The highest BCUT2D eigenvalue weighted by atomic mass is 16.7. The molecule has 1 rings (SSSR count). The maximum atomic E-state index is 11.8. The third-order valence-corrected chi connectivity index (χ3v) is 2.25. The summed E-state index contributed by atoms with van der Waals surface area (Å²) in [5.41, 5.74) is -2.69. The maximum Gasteiger partial charge on any atom is 0.403 e. The van der Waals surface area contributed by atoms with E-state index in [-0.39, 0.29) is 6.54 Å². The van der Waals surface area contributed by atoms with Gasteiger partial charge in [0.05, 0.1) is 0 Å². The van der Waals surface area contributed by atoms with Crippen molar-refractivity contribution in [3.63, 3.8) is 0 Å². The Kier molecular flexibility index (Phi) is 4.72. The molecule has 1 aromatic heterocycles. The molecule has 0 aromatic carbocycles. The van der Waals surface area contributed by atoms with Crippen molar-refractivity contribution in [2.24, 2.45) is 0 Å². The Morgan fingerprint density at radius 3 is 1.78 bits per heavy atom. The molecule has 0 aliphatic heterocycles. The molecular weight excluding hydrogens is 246 g/mol. The predicted molar refractivity (Wildman–Crippen MR) is 60.7 cm³/mol. The van der Waals surface area contributed by atoms with Gasteiger partial charge in [0.15, 0.2) is 0 Å². The van der Waals surface area contributed by atoms with Gasteiger partial charge in [-0.25, -0.2) is 19.0 Å². The number of hydrogen-bond donors (Lipinski definition) is 0. The first-order valence-electron chi connectivity index (χ1n) is 5.15. The van der Waals surface area contributed by atoms with Gasteiger partial charge in [0.1, 0.15) is 14.2 Å². The quantitative estimate of drug-likeness (QED) is 0.518. The summed E-state index contributed by atoms with van der Waals surface area (Å²) in [6.07, 6.45) is 0.442. The Bertz CT molecular complexity index is 527. The summed E-state index contributed by atoms with van der Waals surface area (Å²) in [4.78, 5) is 44.4. The molecule has 18 heavy (non-hydrogen) atoms. The Balaban J connectivity index is 3.37. The van der Waals surface area contributed by atoms with Crippen LogP contribution in [0.5, 0.6) is 0 Å². The van der Waals surface area contributed by atoms with Gasteiger partial charge in [0.25, 0.3) is 0 Å². The van der Waals surface area contributed by atoms with Crippen LogP contribution < -0.4 is 26.7 Å². The molecule has 0 N–H and O–H groups in total. The van der Waals surface area contributed by atoms with Gasteiger partial charge in [-0.05, 0) is 6.42 Å². The minimum atomic E-state index is -0.988. The second-order valence-corrected chi connectivity index (χ2v) is 3.30. The van der Waals surface area contributed by atoms with Gasteiger partial charge in [-0.3, -0.25) is 0 Å². The molecule has 0 saturated heterocycles. The lowest BCUT2D eigenvalue weighted by Gasteiger charge is -2.10. The Labute approximate surface area is 102 Å². The van der Waals surface area contributed by atoms with Crippen LogP contribution in [0.25, 0.3) is 0 Å². The van der Waals surface area contributed by atoms with E-state index in [1.54, 1.807) is 0 Å². The number of methoxy groups -OCH3 is 1. The van der Waals surface area contributed by atoms with E-state index >= 15 is 0 Å². The van der Waals surface area contributed by atoms with E-state index in [0.29, 0.717) is 22.5 Å². The lowest BCUT2D eigenvalue weighted by atomic mass is 10.4. The zero-order valence-corrected chi connectivity index (χ0v) is 10.4. The molecule has 0 aliphatic rings. The summed E-state index contributed by atoms with van der Waals surface area (Å²) in [6, 6.07) is 0. The van der Waals surface area contributed by atoms with Gasteiger partial charge in [-0.15, -0.1) is 0 Å². The summed E-state index contributed by atoms with van der Waals surface area (Å²) in [5.74, 6) is 0. The average Bonchev–Trinajstić information content (AvgIpc) is 2.34. The molecule has 9 heteroatoms. The van der Waals surface area contributed by atoms with Crippen LogP contribution in [0.1, 0.15) is 6.42 Å². The van der Waals surface area contributed by atoms with Gasteiger partial charge in [0, 0.05) is 20.3 Å². The van der Waals surface area contributed by atoms with Gasteiger partial charge >= 0.3 is 17.1 Å². The van der Waals surface area contributed by atoms with Crippen molar-refractivity contribution in [2.45, 2.75) is 13.0 Å². The third-order valence-electron chi connectivity index (χ3n) is 2.25. The summed E-state index contributed by atoms with van der Waals surface area (Å²) >= 11 is 0. The van der Waals surface area contributed by atoms with Gasteiger partial charge in [0.2, 0.25) is 0 Å². The first kappa shape index (κ1) is 14.0. The van der Waals surface area contributed by atoms with E-state index in [1.807, 2.05) is 0 Å².